The van der Waals surface area contributed by atoms with E-state index in [0.29, 0.717) is 12.5 Å². The number of nitrogens with zero attached hydrogens (tertiary/aromatic N) is 1. The van der Waals surface area contributed by atoms with E-state index < -0.39 is 6.09 Å². The first kappa shape index (κ1) is 9.64. The van der Waals surface area contributed by atoms with E-state index in [1.165, 1.54) is 0 Å². The van der Waals surface area contributed by atoms with Crippen LogP contribution in [-0.4, -0.2) is 17.4 Å². The number of hydrogen-bond donors (Lipinski definition) is 1. The van der Waals surface area contributed by atoms with Crippen LogP contribution in [0.4, 0.5) is 4.79 Å². The molecule has 0 radical (unpaired) electrons. The molecule has 1 aromatic rings. The van der Waals surface area contributed by atoms with E-state index >= 15 is 0 Å². The Balaban J connectivity index is 2.26. The molecule has 0 spiro atoms. The summed E-state index contributed by atoms with van der Waals surface area (Å²) in [6.07, 6.45) is 3.04. The summed E-state index contributed by atoms with van der Waals surface area (Å²) in [4.78, 5) is 11.1. The summed E-state index contributed by atoms with van der Waals surface area (Å²) in [6, 6.07) is 3.64. The molecule has 0 unspecified atom stereocenters. The number of ether oxygens (including phenoxy) is 1. The maximum atomic E-state index is 11.1. The standard InChI is InChI=1S/C9H14N2O2/c1-8(2)7-13-9(12)10-11-5-3-4-6-11/h3-6,8H,7H2,1-2H3,(H,10,12). The topological polar surface area (TPSA) is 43.3 Å². The molecule has 1 rings (SSSR count). The van der Waals surface area contributed by atoms with Crippen LogP contribution in [0.3, 0.4) is 0 Å². The van der Waals surface area contributed by atoms with Gasteiger partial charge in [0.1, 0.15) is 0 Å². The molecular formula is C9H14N2O2. The highest BCUT2D eigenvalue weighted by molar-refractivity contribution is 5.75. The number of hydrogen-bond acceptors (Lipinski definition) is 2. The lowest BCUT2D eigenvalue weighted by Gasteiger charge is -2.08. The molecule has 0 bridgehead atoms. The van der Waals surface area contributed by atoms with Gasteiger partial charge in [-0.3, -0.25) is 4.68 Å². The summed E-state index contributed by atoms with van der Waals surface area (Å²) in [7, 11) is 0. The number of nitrogens with one attached hydrogen (secondary N) is 1. The summed E-state index contributed by atoms with van der Waals surface area (Å²) < 4.78 is 6.45. The lowest BCUT2D eigenvalue weighted by Crippen LogP contribution is -2.23. The molecule has 1 heterocycles. The third-order valence-electron chi connectivity index (χ3n) is 1.37. The van der Waals surface area contributed by atoms with Gasteiger partial charge in [-0.25, -0.2) is 10.2 Å². The zero-order valence-electron chi connectivity index (χ0n) is 7.86. The van der Waals surface area contributed by atoms with Crippen LogP contribution in [0.5, 0.6) is 0 Å². The molecule has 0 atom stereocenters. The Morgan fingerprint density at radius 3 is 2.62 bits per heavy atom. The zero-order valence-corrected chi connectivity index (χ0v) is 7.86. The predicted molar refractivity (Wildman–Crippen MR) is 50.0 cm³/mol. The number of amides is 1. The third-order valence-corrected chi connectivity index (χ3v) is 1.37. The molecule has 1 aromatic heterocycles. The van der Waals surface area contributed by atoms with Gasteiger partial charge in [-0.05, 0) is 18.1 Å². The lowest BCUT2D eigenvalue weighted by atomic mass is 10.2. The minimum absolute atomic E-state index is 0.357. The van der Waals surface area contributed by atoms with Crippen LogP contribution >= 0.6 is 0 Å². The molecule has 0 saturated carbocycles. The second kappa shape index (κ2) is 4.54. The van der Waals surface area contributed by atoms with E-state index in [-0.39, 0.29) is 0 Å². The Hall–Kier alpha value is -1.45. The van der Waals surface area contributed by atoms with Crippen LogP contribution in [0.25, 0.3) is 0 Å². The predicted octanol–water partition coefficient (Wildman–Crippen LogP) is 1.82. The van der Waals surface area contributed by atoms with E-state index in [1.54, 1.807) is 17.1 Å². The van der Waals surface area contributed by atoms with Gasteiger partial charge in [0.05, 0.1) is 6.61 Å². The maximum Gasteiger partial charge on any atom is 0.426 e. The van der Waals surface area contributed by atoms with Crippen molar-refractivity contribution < 1.29 is 9.53 Å². The minimum atomic E-state index is -0.426. The highest BCUT2D eigenvalue weighted by Crippen LogP contribution is 1.93. The van der Waals surface area contributed by atoms with Crippen LogP contribution in [0, 0.1) is 5.92 Å². The van der Waals surface area contributed by atoms with E-state index in [4.69, 9.17) is 4.74 Å². The van der Waals surface area contributed by atoms with Crippen molar-refractivity contribution in [2.24, 2.45) is 5.92 Å². The molecule has 0 aromatic carbocycles. The monoisotopic (exact) mass is 182 g/mol. The van der Waals surface area contributed by atoms with Crippen molar-refractivity contribution in [3.63, 3.8) is 0 Å². The first-order valence-electron chi connectivity index (χ1n) is 4.25. The number of aromatic nitrogens is 1. The SMILES string of the molecule is CC(C)COC(=O)Nn1cccc1. The van der Waals surface area contributed by atoms with Crippen molar-refractivity contribution in [3.05, 3.63) is 24.5 Å². The van der Waals surface area contributed by atoms with Gasteiger partial charge >= 0.3 is 6.09 Å². The summed E-state index contributed by atoms with van der Waals surface area (Å²) in [5.74, 6) is 0.357. The summed E-state index contributed by atoms with van der Waals surface area (Å²) in [5.41, 5.74) is 2.53. The van der Waals surface area contributed by atoms with E-state index in [9.17, 15) is 4.79 Å². The number of rotatable bonds is 3. The number of carbonyl (C=O) groups is 1. The molecular weight excluding hydrogens is 168 g/mol. The molecule has 72 valence electrons. The first-order chi connectivity index (χ1) is 6.18. The zero-order chi connectivity index (χ0) is 9.68. The molecule has 0 aliphatic rings. The van der Waals surface area contributed by atoms with Crippen molar-refractivity contribution >= 4 is 6.09 Å². The van der Waals surface area contributed by atoms with Gasteiger partial charge in [0, 0.05) is 12.4 Å². The molecule has 1 N–H and O–H groups in total. The third kappa shape index (κ3) is 3.64. The summed E-state index contributed by atoms with van der Waals surface area (Å²) >= 11 is 0. The van der Waals surface area contributed by atoms with Gasteiger partial charge in [-0.2, -0.15) is 0 Å². The Kier molecular flexibility index (Phi) is 3.37. The van der Waals surface area contributed by atoms with Gasteiger partial charge in [0.2, 0.25) is 0 Å². The molecule has 0 fully saturated rings. The fraction of sp³-hybridized carbons (Fsp3) is 0.444. The molecule has 4 nitrogen and oxygen atoms in total. The largest absolute Gasteiger partial charge is 0.448 e. The van der Waals surface area contributed by atoms with Crippen LogP contribution in [0.15, 0.2) is 24.5 Å². The highest BCUT2D eigenvalue weighted by atomic mass is 16.6. The molecule has 4 heteroatoms. The highest BCUT2D eigenvalue weighted by Gasteiger charge is 2.02. The van der Waals surface area contributed by atoms with Crippen LogP contribution in [0.2, 0.25) is 0 Å². The fourth-order valence-corrected chi connectivity index (χ4v) is 0.789. The van der Waals surface area contributed by atoms with Crippen LogP contribution < -0.4 is 5.43 Å². The Labute approximate surface area is 77.5 Å². The van der Waals surface area contributed by atoms with Gasteiger partial charge < -0.3 is 4.74 Å². The van der Waals surface area contributed by atoms with Crippen LogP contribution in [-0.2, 0) is 4.74 Å². The second-order valence-electron chi connectivity index (χ2n) is 3.19. The average Bonchev–Trinajstić information content (AvgIpc) is 2.53. The van der Waals surface area contributed by atoms with Gasteiger partial charge in [0.15, 0.2) is 0 Å². The van der Waals surface area contributed by atoms with Crippen molar-refractivity contribution in [1.82, 2.24) is 4.68 Å². The molecule has 13 heavy (non-hydrogen) atoms. The molecule has 0 aliphatic heterocycles. The Morgan fingerprint density at radius 1 is 1.46 bits per heavy atom. The first-order valence-corrected chi connectivity index (χ1v) is 4.25. The Bertz CT molecular complexity index is 255. The summed E-state index contributed by atoms with van der Waals surface area (Å²) in [5, 5.41) is 0. The van der Waals surface area contributed by atoms with E-state index in [0.717, 1.165) is 0 Å². The molecule has 0 aliphatic carbocycles. The number of carbonyl (C=O) groups excluding carboxylic acids is 1. The van der Waals surface area contributed by atoms with Gasteiger partial charge in [0.25, 0.3) is 0 Å². The molecule has 1 amide bonds. The van der Waals surface area contributed by atoms with Crippen molar-refractivity contribution in [3.8, 4) is 0 Å². The van der Waals surface area contributed by atoms with Crippen LogP contribution in [0.1, 0.15) is 13.8 Å². The summed E-state index contributed by atoms with van der Waals surface area (Å²) in [6.45, 7) is 4.42. The second-order valence-corrected chi connectivity index (χ2v) is 3.19. The Morgan fingerprint density at radius 2 is 2.08 bits per heavy atom. The smallest absolute Gasteiger partial charge is 0.426 e. The van der Waals surface area contributed by atoms with Gasteiger partial charge in [-0.15, -0.1) is 0 Å². The molecule has 0 saturated heterocycles. The normalized spacial score (nSPS) is 10.1. The fourth-order valence-electron chi connectivity index (χ4n) is 0.789. The van der Waals surface area contributed by atoms with Crippen molar-refractivity contribution in [1.29, 1.82) is 0 Å². The van der Waals surface area contributed by atoms with Crippen molar-refractivity contribution in [2.75, 3.05) is 12.0 Å². The maximum absolute atomic E-state index is 11.1. The minimum Gasteiger partial charge on any atom is -0.448 e. The van der Waals surface area contributed by atoms with Crippen molar-refractivity contribution in [2.45, 2.75) is 13.8 Å². The average molecular weight is 182 g/mol. The van der Waals surface area contributed by atoms with Gasteiger partial charge in [-0.1, -0.05) is 13.8 Å². The van der Waals surface area contributed by atoms with E-state index in [1.807, 2.05) is 26.0 Å². The quantitative estimate of drug-likeness (QED) is 0.774. The lowest BCUT2D eigenvalue weighted by molar-refractivity contribution is 0.144. The van der Waals surface area contributed by atoms with E-state index in [2.05, 4.69) is 5.43 Å².